The fraction of sp³-hybridized carbons (Fsp3) is 0.292. The second-order valence-corrected chi connectivity index (χ2v) is 7.71. The smallest absolute Gasteiger partial charge is 0.259 e. The summed E-state index contributed by atoms with van der Waals surface area (Å²) in [4.78, 5) is 27.1. The summed E-state index contributed by atoms with van der Waals surface area (Å²) >= 11 is 6.27. The number of amides is 2. The molecule has 0 fully saturated rings. The van der Waals surface area contributed by atoms with Crippen molar-refractivity contribution in [3.8, 4) is 0 Å². The molecular formula is C24H27ClN4O2. The van der Waals surface area contributed by atoms with Gasteiger partial charge in [-0.15, -0.1) is 0 Å². The van der Waals surface area contributed by atoms with Crippen LogP contribution in [0.2, 0.25) is 5.02 Å². The van der Waals surface area contributed by atoms with Gasteiger partial charge in [0.25, 0.3) is 11.8 Å². The predicted octanol–water partition coefficient (Wildman–Crippen LogP) is 4.94. The van der Waals surface area contributed by atoms with E-state index in [0.717, 1.165) is 11.3 Å². The molecule has 1 N–H and O–H groups in total. The molecule has 3 rings (SSSR count). The molecule has 0 unspecified atom stereocenters. The molecule has 6 nitrogen and oxygen atoms in total. The lowest BCUT2D eigenvalue weighted by Crippen LogP contribution is -2.30. The van der Waals surface area contributed by atoms with E-state index in [1.807, 2.05) is 52.0 Å². The van der Waals surface area contributed by atoms with Gasteiger partial charge in [-0.3, -0.25) is 14.3 Å². The normalized spacial score (nSPS) is 10.7. The Morgan fingerprint density at radius 1 is 1.03 bits per heavy atom. The first-order chi connectivity index (χ1) is 14.8. The Labute approximate surface area is 187 Å². The monoisotopic (exact) mass is 438 g/mol. The van der Waals surface area contributed by atoms with Crippen LogP contribution in [0.1, 0.15) is 51.5 Å². The maximum atomic E-state index is 12.9. The molecule has 0 aliphatic carbocycles. The van der Waals surface area contributed by atoms with Gasteiger partial charge >= 0.3 is 0 Å². The molecule has 162 valence electrons. The largest absolute Gasteiger partial charge is 0.339 e. The van der Waals surface area contributed by atoms with Crippen LogP contribution in [0.15, 0.2) is 48.5 Å². The van der Waals surface area contributed by atoms with Crippen LogP contribution in [0.3, 0.4) is 0 Å². The van der Waals surface area contributed by atoms with E-state index in [1.165, 1.54) is 0 Å². The number of benzene rings is 2. The first-order valence-electron chi connectivity index (χ1n) is 10.3. The summed E-state index contributed by atoms with van der Waals surface area (Å²) < 4.78 is 1.79. The van der Waals surface area contributed by atoms with Gasteiger partial charge in [0.1, 0.15) is 0 Å². The third-order valence-corrected chi connectivity index (χ3v) is 5.70. The van der Waals surface area contributed by atoms with Crippen molar-refractivity contribution < 1.29 is 9.59 Å². The van der Waals surface area contributed by atoms with Gasteiger partial charge in [0.05, 0.1) is 17.8 Å². The first-order valence-corrected chi connectivity index (χ1v) is 10.7. The number of hydrogen-bond acceptors (Lipinski definition) is 3. The SMILES string of the molecule is CCN(CC)C(=O)c1ccc(NC(=O)c2c(C)nn(Cc3ccccc3Cl)c2C)cc1. The second kappa shape index (κ2) is 9.79. The average Bonchev–Trinajstić information content (AvgIpc) is 3.04. The van der Waals surface area contributed by atoms with Crippen LogP contribution in [0, 0.1) is 13.8 Å². The lowest BCUT2D eigenvalue weighted by atomic mass is 10.1. The van der Waals surface area contributed by atoms with E-state index in [4.69, 9.17) is 11.6 Å². The Hall–Kier alpha value is -3.12. The minimum atomic E-state index is -0.233. The van der Waals surface area contributed by atoms with Crippen molar-refractivity contribution in [1.82, 2.24) is 14.7 Å². The topological polar surface area (TPSA) is 67.2 Å². The molecule has 0 aliphatic rings. The number of halogens is 1. The van der Waals surface area contributed by atoms with Crippen molar-refractivity contribution in [1.29, 1.82) is 0 Å². The molecule has 0 radical (unpaired) electrons. The van der Waals surface area contributed by atoms with Gasteiger partial charge in [-0.25, -0.2) is 0 Å². The number of anilines is 1. The Balaban J connectivity index is 1.76. The zero-order chi connectivity index (χ0) is 22.5. The second-order valence-electron chi connectivity index (χ2n) is 7.30. The van der Waals surface area contributed by atoms with Crippen LogP contribution in [-0.4, -0.2) is 39.6 Å². The Morgan fingerprint density at radius 2 is 1.68 bits per heavy atom. The fourth-order valence-electron chi connectivity index (χ4n) is 3.55. The maximum absolute atomic E-state index is 12.9. The number of carbonyl (C=O) groups excluding carboxylic acids is 2. The third kappa shape index (κ3) is 4.97. The first kappa shape index (κ1) is 22.6. The van der Waals surface area contributed by atoms with E-state index in [-0.39, 0.29) is 11.8 Å². The number of rotatable bonds is 7. The summed E-state index contributed by atoms with van der Waals surface area (Å²) in [7, 11) is 0. The summed E-state index contributed by atoms with van der Waals surface area (Å²) in [5.74, 6) is -0.251. The number of hydrogen-bond donors (Lipinski definition) is 1. The Kier molecular flexibility index (Phi) is 7.13. The molecule has 0 saturated carbocycles. The molecule has 1 heterocycles. The van der Waals surface area contributed by atoms with Crippen LogP contribution in [0.4, 0.5) is 5.69 Å². The quantitative estimate of drug-likeness (QED) is 0.568. The lowest BCUT2D eigenvalue weighted by Gasteiger charge is -2.18. The molecule has 0 spiro atoms. The number of aromatic nitrogens is 2. The minimum absolute atomic E-state index is 0.0181. The number of nitrogens with one attached hydrogen (secondary N) is 1. The van der Waals surface area contributed by atoms with E-state index < -0.39 is 0 Å². The van der Waals surface area contributed by atoms with E-state index in [0.29, 0.717) is 47.2 Å². The highest BCUT2D eigenvalue weighted by molar-refractivity contribution is 6.31. The van der Waals surface area contributed by atoms with Gasteiger partial charge in [0.15, 0.2) is 0 Å². The summed E-state index contributed by atoms with van der Waals surface area (Å²) in [5.41, 5.74) is 4.12. The summed E-state index contributed by atoms with van der Waals surface area (Å²) in [6.45, 7) is 9.39. The lowest BCUT2D eigenvalue weighted by molar-refractivity contribution is 0.0773. The molecule has 2 aromatic carbocycles. The zero-order valence-electron chi connectivity index (χ0n) is 18.3. The molecule has 1 aromatic heterocycles. The van der Waals surface area contributed by atoms with Gasteiger partial charge in [-0.05, 0) is 63.6 Å². The van der Waals surface area contributed by atoms with Gasteiger partial charge in [0, 0.05) is 35.1 Å². The van der Waals surface area contributed by atoms with Gasteiger partial charge in [-0.1, -0.05) is 29.8 Å². The molecule has 2 amide bonds. The highest BCUT2D eigenvalue weighted by Crippen LogP contribution is 2.21. The van der Waals surface area contributed by atoms with Crippen LogP contribution in [-0.2, 0) is 6.54 Å². The molecule has 0 saturated heterocycles. The molecule has 0 atom stereocenters. The highest BCUT2D eigenvalue weighted by atomic mass is 35.5. The maximum Gasteiger partial charge on any atom is 0.259 e. The predicted molar refractivity (Wildman–Crippen MR) is 124 cm³/mol. The van der Waals surface area contributed by atoms with Crippen molar-refractivity contribution in [3.05, 3.63) is 81.6 Å². The number of aryl methyl sites for hydroxylation is 1. The summed E-state index contributed by atoms with van der Waals surface area (Å²) in [6.07, 6.45) is 0. The van der Waals surface area contributed by atoms with Crippen LogP contribution in [0.25, 0.3) is 0 Å². The molecule has 3 aromatic rings. The third-order valence-electron chi connectivity index (χ3n) is 5.33. The average molecular weight is 439 g/mol. The number of nitrogens with zero attached hydrogens (tertiary/aromatic N) is 3. The molecule has 0 bridgehead atoms. The standard InChI is InChI=1S/C24H27ClN4O2/c1-5-28(6-2)24(31)18-11-13-20(14-12-18)26-23(30)22-16(3)27-29(17(22)4)15-19-9-7-8-10-21(19)25/h7-14H,5-6,15H2,1-4H3,(H,26,30). The van der Waals surface area contributed by atoms with Gasteiger partial charge in [0.2, 0.25) is 0 Å². The van der Waals surface area contributed by atoms with Crippen LogP contribution >= 0.6 is 11.6 Å². The van der Waals surface area contributed by atoms with Crippen molar-refractivity contribution in [2.24, 2.45) is 0 Å². The minimum Gasteiger partial charge on any atom is -0.339 e. The van der Waals surface area contributed by atoms with Gasteiger partial charge < -0.3 is 10.2 Å². The molecule has 0 aliphatic heterocycles. The molecule has 7 heteroatoms. The van der Waals surface area contributed by atoms with E-state index in [2.05, 4.69) is 10.4 Å². The van der Waals surface area contributed by atoms with Crippen LogP contribution in [0.5, 0.6) is 0 Å². The fourth-order valence-corrected chi connectivity index (χ4v) is 3.75. The van der Waals surface area contributed by atoms with Crippen molar-refractivity contribution in [2.75, 3.05) is 18.4 Å². The van der Waals surface area contributed by atoms with Crippen molar-refractivity contribution in [2.45, 2.75) is 34.2 Å². The van der Waals surface area contributed by atoms with E-state index in [9.17, 15) is 9.59 Å². The zero-order valence-corrected chi connectivity index (χ0v) is 19.0. The number of carbonyl (C=O) groups is 2. The molecule has 31 heavy (non-hydrogen) atoms. The summed E-state index contributed by atoms with van der Waals surface area (Å²) in [6, 6.07) is 14.5. The van der Waals surface area contributed by atoms with Crippen molar-refractivity contribution >= 4 is 29.1 Å². The van der Waals surface area contributed by atoms with Crippen molar-refractivity contribution in [3.63, 3.8) is 0 Å². The highest BCUT2D eigenvalue weighted by Gasteiger charge is 2.20. The Bertz CT molecular complexity index is 1090. The summed E-state index contributed by atoms with van der Waals surface area (Å²) in [5, 5.41) is 8.11. The van der Waals surface area contributed by atoms with Gasteiger partial charge in [-0.2, -0.15) is 5.10 Å². The van der Waals surface area contributed by atoms with E-state index >= 15 is 0 Å². The van der Waals surface area contributed by atoms with Crippen LogP contribution < -0.4 is 5.32 Å². The van der Waals surface area contributed by atoms with E-state index in [1.54, 1.807) is 33.8 Å². The molecular weight excluding hydrogens is 412 g/mol. The Morgan fingerprint density at radius 3 is 2.29 bits per heavy atom.